The van der Waals surface area contributed by atoms with Crippen LogP contribution in [0.15, 0.2) is 24.7 Å². The van der Waals surface area contributed by atoms with Gasteiger partial charge in [0.2, 0.25) is 0 Å². The molecular weight excluding hydrogens is 208 g/mol. The number of hydrogen-bond donors (Lipinski definition) is 1. The van der Waals surface area contributed by atoms with E-state index in [9.17, 15) is 0 Å². The monoisotopic (exact) mass is 218 g/mol. The number of aromatic nitrogens is 3. The van der Waals surface area contributed by atoms with Crippen LogP contribution in [0.1, 0.15) is 5.69 Å². The fraction of sp³-hybridized carbons (Fsp3) is 0.200. The summed E-state index contributed by atoms with van der Waals surface area (Å²) in [5.41, 5.74) is 7.79. The van der Waals surface area contributed by atoms with Gasteiger partial charge in [0.15, 0.2) is 4.96 Å². The third kappa shape index (κ3) is 1.24. The van der Waals surface area contributed by atoms with E-state index in [2.05, 4.69) is 14.4 Å². The van der Waals surface area contributed by atoms with Crippen molar-refractivity contribution in [2.24, 2.45) is 5.73 Å². The molecule has 0 saturated heterocycles. The number of hydrogen-bond acceptors (Lipinski definition) is 4. The smallest absolute Gasteiger partial charge is 0.194 e. The Kier molecular flexibility index (Phi) is 1.93. The fourth-order valence-corrected chi connectivity index (χ4v) is 2.77. The largest absolute Gasteiger partial charge is 0.330 e. The number of rotatable bonds is 2. The third-order valence-electron chi connectivity index (χ3n) is 2.39. The summed E-state index contributed by atoms with van der Waals surface area (Å²) in [5, 5.41) is 0. The average molecular weight is 218 g/mol. The molecule has 0 aromatic carbocycles. The zero-order chi connectivity index (χ0) is 10.3. The Balaban J connectivity index is 2.41. The van der Waals surface area contributed by atoms with Crippen LogP contribution in [0.5, 0.6) is 0 Å². The molecule has 0 aliphatic heterocycles. The molecule has 0 spiro atoms. The second kappa shape index (κ2) is 3.29. The van der Waals surface area contributed by atoms with Crippen LogP contribution in [0, 0.1) is 0 Å². The summed E-state index contributed by atoms with van der Waals surface area (Å²) >= 11 is 1.68. The SMILES string of the molecule is NCCc1nccc2sc3nccn3c12. The number of nitrogens with two attached hydrogens (primary N) is 1. The normalized spacial score (nSPS) is 11.5. The number of thiazole rings is 1. The standard InChI is InChI=1S/C10H10N4S/c11-3-1-7-9-8(2-4-12-7)15-10-13-5-6-14(9)10/h2,4-6H,1,3,11H2. The molecule has 3 aromatic rings. The van der Waals surface area contributed by atoms with Crippen molar-refractivity contribution >= 4 is 26.5 Å². The summed E-state index contributed by atoms with van der Waals surface area (Å²) in [6, 6.07) is 2.02. The van der Waals surface area contributed by atoms with E-state index in [0.29, 0.717) is 6.54 Å². The highest BCUT2D eigenvalue weighted by Gasteiger charge is 2.09. The van der Waals surface area contributed by atoms with Crippen LogP contribution < -0.4 is 5.73 Å². The molecule has 0 amide bonds. The molecule has 0 aliphatic rings. The van der Waals surface area contributed by atoms with E-state index < -0.39 is 0 Å². The highest BCUT2D eigenvalue weighted by molar-refractivity contribution is 7.23. The highest BCUT2D eigenvalue weighted by Crippen LogP contribution is 2.26. The van der Waals surface area contributed by atoms with Gasteiger partial charge in [-0.1, -0.05) is 11.3 Å². The van der Waals surface area contributed by atoms with Gasteiger partial charge in [0, 0.05) is 25.0 Å². The fourth-order valence-electron chi connectivity index (χ4n) is 1.77. The molecule has 0 bridgehead atoms. The van der Waals surface area contributed by atoms with Gasteiger partial charge in [0.05, 0.1) is 15.9 Å². The molecule has 15 heavy (non-hydrogen) atoms. The average Bonchev–Trinajstić information content (AvgIpc) is 2.77. The molecule has 3 rings (SSSR count). The first-order valence-corrected chi connectivity index (χ1v) is 5.61. The van der Waals surface area contributed by atoms with Crippen molar-refractivity contribution in [3.8, 4) is 0 Å². The predicted octanol–water partition coefficient (Wildman–Crippen LogP) is 1.45. The summed E-state index contributed by atoms with van der Waals surface area (Å²) in [6.45, 7) is 0.623. The predicted molar refractivity (Wildman–Crippen MR) is 61.1 cm³/mol. The molecule has 0 atom stereocenters. The summed E-state index contributed by atoms with van der Waals surface area (Å²) in [4.78, 5) is 9.67. The second-order valence-electron chi connectivity index (χ2n) is 3.32. The molecular formula is C10H10N4S. The van der Waals surface area contributed by atoms with Gasteiger partial charge >= 0.3 is 0 Å². The topological polar surface area (TPSA) is 56.2 Å². The number of imidazole rings is 1. The molecule has 0 radical (unpaired) electrons. The Morgan fingerprint density at radius 1 is 1.33 bits per heavy atom. The molecule has 0 saturated carbocycles. The summed E-state index contributed by atoms with van der Waals surface area (Å²) in [7, 11) is 0. The molecule has 76 valence electrons. The van der Waals surface area contributed by atoms with Gasteiger partial charge in [-0.05, 0) is 12.6 Å². The Morgan fingerprint density at radius 2 is 2.27 bits per heavy atom. The zero-order valence-corrected chi connectivity index (χ0v) is 8.87. The van der Waals surface area contributed by atoms with Crippen LogP contribution in [0.4, 0.5) is 0 Å². The highest BCUT2D eigenvalue weighted by atomic mass is 32.1. The quantitative estimate of drug-likeness (QED) is 0.708. The van der Waals surface area contributed by atoms with Crippen LogP contribution >= 0.6 is 11.3 Å². The van der Waals surface area contributed by atoms with Gasteiger partial charge in [-0.15, -0.1) is 0 Å². The maximum absolute atomic E-state index is 5.58. The number of nitrogens with zero attached hydrogens (tertiary/aromatic N) is 3. The first-order chi connectivity index (χ1) is 7.40. The van der Waals surface area contributed by atoms with Crippen LogP contribution in [0.2, 0.25) is 0 Å². The Bertz CT molecular complexity index is 610. The van der Waals surface area contributed by atoms with Gasteiger partial charge in [-0.25, -0.2) is 4.98 Å². The van der Waals surface area contributed by atoms with Crippen molar-refractivity contribution in [1.82, 2.24) is 14.4 Å². The minimum absolute atomic E-state index is 0.623. The van der Waals surface area contributed by atoms with Gasteiger partial charge in [-0.2, -0.15) is 0 Å². The lowest BCUT2D eigenvalue weighted by Crippen LogP contribution is -2.05. The van der Waals surface area contributed by atoms with E-state index in [-0.39, 0.29) is 0 Å². The van der Waals surface area contributed by atoms with Gasteiger partial charge < -0.3 is 5.73 Å². The first-order valence-electron chi connectivity index (χ1n) is 4.79. The van der Waals surface area contributed by atoms with E-state index in [0.717, 1.165) is 22.6 Å². The van der Waals surface area contributed by atoms with Crippen LogP contribution in [-0.4, -0.2) is 20.9 Å². The lowest BCUT2D eigenvalue weighted by molar-refractivity contribution is 0.928. The Hall–Kier alpha value is -1.46. The van der Waals surface area contributed by atoms with E-state index >= 15 is 0 Å². The number of fused-ring (bicyclic) bond motifs is 3. The van der Waals surface area contributed by atoms with Crippen LogP contribution in [-0.2, 0) is 6.42 Å². The second-order valence-corrected chi connectivity index (χ2v) is 4.33. The van der Waals surface area contributed by atoms with Crippen molar-refractivity contribution in [3.05, 3.63) is 30.4 Å². The van der Waals surface area contributed by atoms with Crippen molar-refractivity contribution in [2.45, 2.75) is 6.42 Å². The summed E-state index contributed by atoms with van der Waals surface area (Å²) < 4.78 is 3.30. The number of pyridine rings is 1. The van der Waals surface area contributed by atoms with Crippen molar-refractivity contribution in [2.75, 3.05) is 6.54 Å². The lowest BCUT2D eigenvalue weighted by Gasteiger charge is -1.99. The maximum atomic E-state index is 5.58. The Labute approximate surface area is 90.4 Å². The molecule has 4 nitrogen and oxygen atoms in total. The minimum Gasteiger partial charge on any atom is -0.330 e. The Morgan fingerprint density at radius 3 is 3.13 bits per heavy atom. The molecule has 5 heteroatoms. The van der Waals surface area contributed by atoms with E-state index in [1.165, 1.54) is 4.70 Å². The van der Waals surface area contributed by atoms with E-state index in [1.807, 2.05) is 24.7 Å². The molecule has 0 aliphatic carbocycles. The zero-order valence-electron chi connectivity index (χ0n) is 8.05. The first kappa shape index (κ1) is 8.82. The van der Waals surface area contributed by atoms with E-state index in [1.54, 1.807) is 11.3 Å². The van der Waals surface area contributed by atoms with Gasteiger partial charge in [0.1, 0.15) is 0 Å². The van der Waals surface area contributed by atoms with Crippen molar-refractivity contribution in [1.29, 1.82) is 0 Å². The lowest BCUT2D eigenvalue weighted by atomic mass is 10.2. The van der Waals surface area contributed by atoms with Gasteiger partial charge in [0.25, 0.3) is 0 Å². The van der Waals surface area contributed by atoms with Crippen LogP contribution in [0.3, 0.4) is 0 Å². The summed E-state index contributed by atoms with van der Waals surface area (Å²) in [5.74, 6) is 0. The molecule has 3 heterocycles. The summed E-state index contributed by atoms with van der Waals surface area (Å²) in [6.07, 6.45) is 6.42. The maximum Gasteiger partial charge on any atom is 0.194 e. The van der Waals surface area contributed by atoms with Crippen molar-refractivity contribution < 1.29 is 0 Å². The molecule has 0 fully saturated rings. The molecule has 3 aromatic heterocycles. The molecule has 2 N–H and O–H groups in total. The van der Waals surface area contributed by atoms with E-state index in [4.69, 9.17) is 5.73 Å². The van der Waals surface area contributed by atoms with Crippen molar-refractivity contribution in [3.63, 3.8) is 0 Å². The van der Waals surface area contributed by atoms with Crippen LogP contribution in [0.25, 0.3) is 15.2 Å². The minimum atomic E-state index is 0.623. The van der Waals surface area contributed by atoms with Gasteiger partial charge in [-0.3, -0.25) is 9.38 Å². The third-order valence-corrected chi connectivity index (χ3v) is 3.43. The molecule has 0 unspecified atom stereocenters.